The van der Waals surface area contributed by atoms with E-state index in [0.717, 1.165) is 19.3 Å². The van der Waals surface area contributed by atoms with Crippen molar-refractivity contribution in [2.24, 2.45) is 35.5 Å². The van der Waals surface area contributed by atoms with E-state index in [4.69, 9.17) is 9.47 Å². The molecule has 5 heteroatoms. The molecule has 1 heterocycles. The molecular weight excluding hydrogens is 272 g/mol. The molecule has 3 aliphatic rings. The lowest BCUT2D eigenvalue weighted by molar-refractivity contribution is -0.160. The third kappa shape index (κ3) is 1.93. The van der Waals surface area contributed by atoms with Crippen LogP contribution in [0.3, 0.4) is 0 Å². The molecule has 118 valence electrons. The fraction of sp³-hybridized carbons (Fsp3) is 0.875. The van der Waals surface area contributed by atoms with Gasteiger partial charge >= 0.3 is 11.9 Å². The molecule has 1 saturated heterocycles. The number of carbonyl (C=O) groups excluding carboxylic acids is 1. The van der Waals surface area contributed by atoms with Crippen molar-refractivity contribution in [3.8, 4) is 0 Å². The molecule has 0 radical (unpaired) electrons. The molecule has 5 nitrogen and oxygen atoms in total. The van der Waals surface area contributed by atoms with Gasteiger partial charge in [0.15, 0.2) is 0 Å². The molecular formula is C16H24O5. The summed E-state index contributed by atoms with van der Waals surface area (Å²) in [5.74, 6) is -1.52. The summed E-state index contributed by atoms with van der Waals surface area (Å²) >= 11 is 0. The van der Waals surface area contributed by atoms with Crippen LogP contribution in [0.4, 0.5) is 0 Å². The van der Waals surface area contributed by atoms with Crippen molar-refractivity contribution in [2.75, 3.05) is 7.11 Å². The second-order valence-corrected chi connectivity index (χ2v) is 6.66. The van der Waals surface area contributed by atoms with Crippen LogP contribution in [0.5, 0.6) is 0 Å². The predicted octanol–water partition coefficient (Wildman–Crippen LogP) is 1.95. The zero-order valence-corrected chi connectivity index (χ0v) is 12.8. The summed E-state index contributed by atoms with van der Waals surface area (Å²) < 4.78 is 11.0. The van der Waals surface area contributed by atoms with Gasteiger partial charge < -0.3 is 14.6 Å². The maximum Gasteiger partial charge on any atom is 0.309 e. The molecule has 3 fully saturated rings. The maximum absolute atomic E-state index is 12.1. The van der Waals surface area contributed by atoms with E-state index in [9.17, 15) is 14.7 Å². The number of carboxylic acid groups (broad SMARTS) is 1. The molecule has 8 atom stereocenters. The minimum absolute atomic E-state index is 0.0584. The lowest BCUT2D eigenvalue weighted by Gasteiger charge is -2.36. The minimum Gasteiger partial charge on any atom is -0.481 e. The van der Waals surface area contributed by atoms with Crippen molar-refractivity contribution < 1.29 is 24.2 Å². The standard InChI is InChI=1S/C16H24O5/c1-4-9-11-7-6-8(12(11)10(5-2)21-9)14(16(19)20-3)13(7)15(17)18/h7-14H,4-6H2,1-3H3,(H,17,18). The van der Waals surface area contributed by atoms with Crippen molar-refractivity contribution in [2.45, 2.75) is 45.3 Å². The van der Waals surface area contributed by atoms with E-state index in [-0.39, 0.29) is 30.0 Å². The van der Waals surface area contributed by atoms with E-state index in [1.807, 2.05) is 0 Å². The number of fused-ring (bicyclic) bond motifs is 5. The highest BCUT2D eigenvalue weighted by molar-refractivity contribution is 5.83. The lowest BCUT2D eigenvalue weighted by Crippen LogP contribution is -2.44. The fourth-order valence-electron chi connectivity index (χ4n) is 5.49. The van der Waals surface area contributed by atoms with E-state index in [2.05, 4.69) is 13.8 Å². The first-order valence-electron chi connectivity index (χ1n) is 8.01. The second-order valence-electron chi connectivity index (χ2n) is 6.66. The zero-order valence-electron chi connectivity index (χ0n) is 12.8. The molecule has 8 unspecified atom stereocenters. The van der Waals surface area contributed by atoms with Crippen molar-refractivity contribution in [3.63, 3.8) is 0 Å². The molecule has 2 aliphatic carbocycles. The Morgan fingerprint density at radius 3 is 2.05 bits per heavy atom. The van der Waals surface area contributed by atoms with Crippen molar-refractivity contribution in [3.05, 3.63) is 0 Å². The van der Waals surface area contributed by atoms with Crippen LogP contribution in [0, 0.1) is 35.5 Å². The van der Waals surface area contributed by atoms with Gasteiger partial charge in [0.2, 0.25) is 0 Å². The van der Waals surface area contributed by atoms with Gasteiger partial charge in [0, 0.05) is 0 Å². The molecule has 1 aliphatic heterocycles. The first-order valence-corrected chi connectivity index (χ1v) is 8.01. The molecule has 3 rings (SSSR count). The Morgan fingerprint density at radius 2 is 1.62 bits per heavy atom. The third-order valence-corrected chi connectivity index (χ3v) is 6.06. The van der Waals surface area contributed by atoms with Gasteiger partial charge in [-0.15, -0.1) is 0 Å². The van der Waals surface area contributed by atoms with Crippen LogP contribution in [-0.4, -0.2) is 36.4 Å². The van der Waals surface area contributed by atoms with Crippen LogP contribution in [0.25, 0.3) is 0 Å². The topological polar surface area (TPSA) is 72.8 Å². The molecule has 1 N–H and O–H groups in total. The van der Waals surface area contributed by atoms with Crippen LogP contribution < -0.4 is 0 Å². The van der Waals surface area contributed by atoms with Gasteiger partial charge in [0.05, 0.1) is 31.2 Å². The van der Waals surface area contributed by atoms with E-state index in [1.54, 1.807) is 0 Å². The quantitative estimate of drug-likeness (QED) is 0.803. The second kappa shape index (κ2) is 5.27. The van der Waals surface area contributed by atoms with Gasteiger partial charge in [0.1, 0.15) is 0 Å². The van der Waals surface area contributed by atoms with Crippen LogP contribution >= 0.6 is 0 Å². The molecule has 21 heavy (non-hydrogen) atoms. The first kappa shape index (κ1) is 14.8. The molecule has 0 spiro atoms. The number of esters is 1. The number of hydrogen-bond donors (Lipinski definition) is 1. The van der Waals surface area contributed by atoms with E-state index >= 15 is 0 Å². The van der Waals surface area contributed by atoms with E-state index in [1.165, 1.54) is 7.11 Å². The monoisotopic (exact) mass is 296 g/mol. The summed E-state index contributed by atoms with van der Waals surface area (Å²) in [7, 11) is 1.35. The number of methoxy groups -OCH3 is 1. The van der Waals surface area contributed by atoms with Crippen LogP contribution in [0.15, 0.2) is 0 Å². The van der Waals surface area contributed by atoms with Gasteiger partial charge in [0.25, 0.3) is 0 Å². The van der Waals surface area contributed by atoms with Gasteiger partial charge in [-0.05, 0) is 42.9 Å². The van der Waals surface area contributed by atoms with Crippen LogP contribution in [-0.2, 0) is 19.1 Å². The number of rotatable bonds is 4. The summed E-state index contributed by atoms with van der Waals surface area (Å²) in [5.41, 5.74) is 0. The molecule has 0 amide bonds. The average molecular weight is 296 g/mol. The number of aliphatic carboxylic acids is 1. The summed E-state index contributed by atoms with van der Waals surface area (Å²) in [5, 5.41) is 9.60. The lowest BCUT2D eigenvalue weighted by atomic mass is 9.65. The Labute approximate surface area is 125 Å². The Balaban J connectivity index is 1.96. The molecule has 0 aromatic heterocycles. The Hall–Kier alpha value is -1.10. The SMILES string of the molecule is CCC1OC(CC)C2C3CC(C(C(=O)O)C3C(=O)OC)C12. The largest absolute Gasteiger partial charge is 0.481 e. The van der Waals surface area contributed by atoms with E-state index in [0.29, 0.717) is 11.8 Å². The van der Waals surface area contributed by atoms with Gasteiger partial charge in [-0.25, -0.2) is 0 Å². The summed E-state index contributed by atoms with van der Waals surface area (Å²) in [4.78, 5) is 23.8. The normalized spacial score (nSPS) is 47.4. The van der Waals surface area contributed by atoms with Gasteiger partial charge in [-0.3, -0.25) is 9.59 Å². The zero-order chi connectivity index (χ0) is 15.3. The first-order chi connectivity index (χ1) is 10.0. The Kier molecular flexibility index (Phi) is 3.72. The number of carbonyl (C=O) groups is 2. The highest BCUT2D eigenvalue weighted by Crippen LogP contribution is 2.64. The Morgan fingerprint density at radius 1 is 1.10 bits per heavy atom. The van der Waals surface area contributed by atoms with Gasteiger partial charge in [-0.2, -0.15) is 0 Å². The summed E-state index contributed by atoms with van der Waals surface area (Å²) in [6.45, 7) is 4.20. The molecule has 0 aromatic rings. The minimum atomic E-state index is -0.855. The Bertz CT molecular complexity index is 448. The highest BCUT2D eigenvalue weighted by atomic mass is 16.5. The molecule has 2 bridgehead atoms. The average Bonchev–Trinajstić information content (AvgIpc) is 3.13. The van der Waals surface area contributed by atoms with E-state index < -0.39 is 17.8 Å². The highest BCUT2D eigenvalue weighted by Gasteiger charge is 2.67. The van der Waals surface area contributed by atoms with Crippen molar-refractivity contribution >= 4 is 11.9 Å². The number of hydrogen-bond acceptors (Lipinski definition) is 4. The van der Waals surface area contributed by atoms with Crippen molar-refractivity contribution in [1.29, 1.82) is 0 Å². The predicted molar refractivity (Wildman–Crippen MR) is 74.5 cm³/mol. The smallest absolute Gasteiger partial charge is 0.309 e. The van der Waals surface area contributed by atoms with Crippen LogP contribution in [0.1, 0.15) is 33.1 Å². The van der Waals surface area contributed by atoms with Crippen molar-refractivity contribution in [1.82, 2.24) is 0 Å². The van der Waals surface area contributed by atoms with Gasteiger partial charge in [-0.1, -0.05) is 13.8 Å². The summed E-state index contributed by atoms with van der Waals surface area (Å²) in [6.07, 6.45) is 2.98. The molecule has 0 aromatic carbocycles. The molecule has 2 saturated carbocycles. The maximum atomic E-state index is 12.1. The number of carboxylic acids is 1. The third-order valence-electron chi connectivity index (χ3n) is 6.06. The summed E-state index contributed by atoms with van der Waals surface area (Å²) in [6, 6.07) is 0. The number of ether oxygens (including phenoxy) is 2. The van der Waals surface area contributed by atoms with Crippen LogP contribution in [0.2, 0.25) is 0 Å². The fourth-order valence-corrected chi connectivity index (χ4v) is 5.49.